The van der Waals surface area contributed by atoms with Crippen molar-refractivity contribution in [1.82, 2.24) is 5.54 Å². The summed E-state index contributed by atoms with van der Waals surface area (Å²) in [4.78, 5) is 59.9. The van der Waals surface area contributed by atoms with E-state index in [1.54, 1.807) is 0 Å². The SMILES string of the molecule is CP(=O)([O-])OCCOCCOCCOCCOCCOCCOP(=O)([O-])OC(COCN)COP(=O)([O-])OC(COCNF)COP(=O)([O-])OCCOCCOCCOCCOCCOCCOP(=O)([O-])OCSSCO. The molecule has 77 heavy (non-hydrogen) atoms. The Morgan fingerprint density at radius 2 is 0.714 bits per heavy atom. The minimum Gasteiger partial charge on any atom is -0.779 e. The fourth-order valence-electron chi connectivity index (χ4n) is 4.50. The third-order valence-corrected chi connectivity index (χ3v) is 14.0. The molecule has 0 aromatic carbocycles. The molecule has 0 saturated heterocycles. The van der Waals surface area contributed by atoms with Crippen molar-refractivity contribution in [3.05, 3.63) is 0 Å². The minimum atomic E-state index is -5.45. The van der Waals surface area contributed by atoms with Crippen LogP contribution in [0, 0.1) is 0 Å². The molecule has 4 N–H and O–H groups in total. The van der Waals surface area contributed by atoms with Crippen LogP contribution < -0.4 is 35.7 Å². The molecule has 0 bridgehead atoms. The molecule has 0 aliphatic heterocycles. The molecule has 7 atom stereocenters. The average molecular weight is 1270 g/mol. The zero-order valence-corrected chi connectivity index (χ0v) is 48.5. The molecule has 0 spiro atoms. The number of halogens is 1. The second kappa shape index (κ2) is 51.1. The van der Waals surface area contributed by atoms with Crippen molar-refractivity contribution in [2.75, 3.05) is 217 Å². The molecule has 0 saturated carbocycles. The Bertz CT molecular complexity index is 1620. The molecule has 42 heteroatoms. The summed E-state index contributed by atoms with van der Waals surface area (Å²) < 4.78 is 177. The van der Waals surface area contributed by atoms with Gasteiger partial charge in [0.05, 0.1) is 198 Å². The predicted octanol–water partition coefficient (Wildman–Crippen LogP) is -2.23. The third kappa shape index (κ3) is 56.9. The topological polar surface area (TPSA) is 453 Å². The summed E-state index contributed by atoms with van der Waals surface area (Å²) in [5.74, 6) is -0.387. The molecule has 0 aliphatic carbocycles. The molecule has 464 valence electrons. The van der Waals surface area contributed by atoms with Gasteiger partial charge in [-0.3, -0.25) is 18.3 Å². The van der Waals surface area contributed by atoms with Crippen LogP contribution in [0.1, 0.15) is 0 Å². The monoisotopic (exact) mass is 1270 g/mol. The van der Waals surface area contributed by atoms with Crippen molar-refractivity contribution < 1.29 is 154 Å². The quantitative estimate of drug-likeness (QED) is 0.0191. The molecular formula is C35H73FN2O32P5S2-5. The predicted molar refractivity (Wildman–Crippen MR) is 256 cm³/mol. The first-order valence-corrected chi connectivity index (χ1v) is 33.3. The van der Waals surface area contributed by atoms with Gasteiger partial charge in [0.1, 0.15) is 32.5 Å². The van der Waals surface area contributed by atoms with E-state index >= 15 is 0 Å². The summed E-state index contributed by atoms with van der Waals surface area (Å²) in [6.45, 7) is -2.11. The Hall–Kier alpha value is 0.620. The lowest BCUT2D eigenvalue weighted by Gasteiger charge is -2.32. The van der Waals surface area contributed by atoms with Crippen molar-refractivity contribution in [3.8, 4) is 0 Å². The Morgan fingerprint density at radius 1 is 0.416 bits per heavy atom. The fraction of sp³-hybridized carbons (Fsp3) is 1.00. The lowest BCUT2D eigenvalue weighted by molar-refractivity contribution is -0.245. The van der Waals surface area contributed by atoms with Crippen LogP contribution in [0.2, 0.25) is 0 Å². The zero-order chi connectivity index (χ0) is 57.3. The van der Waals surface area contributed by atoms with E-state index in [9.17, 15) is 51.8 Å². The van der Waals surface area contributed by atoms with Gasteiger partial charge >= 0.3 is 0 Å². The summed E-state index contributed by atoms with van der Waals surface area (Å²) in [6, 6.07) is 0. The van der Waals surface area contributed by atoms with E-state index in [4.69, 9.17) is 94.8 Å². The molecule has 0 fully saturated rings. The Balaban J connectivity index is 4.29. The highest BCUT2D eigenvalue weighted by atomic mass is 33.1. The van der Waals surface area contributed by atoms with E-state index in [0.717, 1.165) is 33.8 Å². The lowest BCUT2D eigenvalue weighted by Crippen LogP contribution is -2.32. The second-order valence-corrected chi connectivity index (χ2v) is 23.6. The van der Waals surface area contributed by atoms with Gasteiger partial charge in [-0.1, -0.05) is 21.6 Å². The number of ether oxygens (including phenoxy) is 12. The first-order valence-electron chi connectivity index (χ1n) is 23.0. The fourth-order valence-corrected chi connectivity index (χ4v) is 9.39. The Morgan fingerprint density at radius 3 is 1.05 bits per heavy atom. The van der Waals surface area contributed by atoms with Gasteiger partial charge in [0.2, 0.25) is 0 Å². The maximum Gasteiger partial charge on any atom is 0.268 e. The smallest absolute Gasteiger partial charge is 0.268 e. The van der Waals surface area contributed by atoms with Crippen LogP contribution in [-0.4, -0.2) is 234 Å². The number of nitrogens with one attached hydrogen (secondary N) is 1. The summed E-state index contributed by atoms with van der Waals surface area (Å²) in [7, 11) is -21.9. The van der Waals surface area contributed by atoms with E-state index in [2.05, 4.69) is 13.6 Å². The largest absolute Gasteiger partial charge is 0.779 e. The summed E-state index contributed by atoms with van der Waals surface area (Å²) in [5, 5.41) is 8.62. The van der Waals surface area contributed by atoms with Gasteiger partial charge in [0, 0.05) is 6.66 Å². The Labute approximate surface area is 454 Å². The minimum absolute atomic E-state index is 0.00959. The van der Waals surface area contributed by atoms with Crippen molar-refractivity contribution in [3.63, 3.8) is 0 Å². The standard InChI is InChI=1S/C35H78FN2O32P5S2/c1-71(40,41)62-22-18-56-14-10-52-6-2-50-5-9-55-13-17-59-21-25-65-74(46,47)69-34(26-60-30-37)29-67-75(48,49)70-35(27-61-31-38-36)28-66-72(42,43)63-23-19-57-15-11-53-7-3-51-4-8-54-12-16-58-20-24-64-73(44,45)68-33-77-76-32-39/h34-35,38-39H,2-33,37H2,1H3,(H,40,41)(H,42,43)(H,44,45)(H,46,47)(H,48,49)/p-5. The summed E-state index contributed by atoms with van der Waals surface area (Å²) in [6.07, 6.45) is -3.43. The maximum atomic E-state index is 12.7. The van der Waals surface area contributed by atoms with Crippen molar-refractivity contribution in [2.24, 2.45) is 5.73 Å². The maximum absolute atomic E-state index is 12.7. The second-order valence-electron chi connectivity index (χ2n) is 13.9. The van der Waals surface area contributed by atoms with Crippen LogP contribution in [0.4, 0.5) is 4.48 Å². The Kier molecular flexibility index (Phi) is 51.5. The van der Waals surface area contributed by atoms with E-state index in [0.29, 0.717) is 0 Å². The molecule has 0 aliphatic rings. The zero-order valence-electron chi connectivity index (χ0n) is 42.4. The van der Waals surface area contributed by atoms with E-state index < -0.39 is 104 Å². The number of phosphoric acid groups is 4. The molecule has 7 unspecified atom stereocenters. The molecule has 0 rings (SSSR count). The highest BCUT2D eigenvalue weighted by molar-refractivity contribution is 8.76. The van der Waals surface area contributed by atoms with Gasteiger partial charge < -0.3 is 137 Å². The van der Waals surface area contributed by atoms with Crippen LogP contribution in [0.3, 0.4) is 0 Å². The summed E-state index contributed by atoms with van der Waals surface area (Å²) >= 11 is 0. The van der Waals surface area contributed by atoms with Gasteiger partial charge in [-0.15, -0.1) is 10.0 Å². The van der Waals surface area contributed by atoms with E-state index in [-0.39, 0.29) is 157 Å². The molecule has 0 amide bonds. The van der Waals surface area contributed by atoms with Crippen LogP contribution >= 0.6 is 60.5 Å². The lowest BCUT2D eigenvalue weighted by atomic mass is 10.4. The van der Waals surface area contributed by atoms with Crippen molar-refractivity contribution >= 4 is 60.5 Å². The number of rotatable bonds is 62. The third-order valence-electron chi connectivity index (χ3n) is 7.63. The first-order chi connectivity index (χ1) is 36.8. The molecular weight excluding hydrogens is 1200 g/mol. The molecule has 34 nitrogen and oxygen atoms in total. The van der Waals surface area contributed by atoms with Crippen molar-refractivity contribution in [1.29, 1.82) is 0 Å². The van der Waals surface area contributed by atoms with Gasteiger partial charge in [0.15, 0.2) is 0 Å². The van der Waals surface area contributed by atoms with Gasteiger partial charge in [0.25, 0.3) is 31.3 Å². The van der Waals surface area contributed by atoms with Gasteiger partial charge in [-0.05, 0) is 0 Å². The average Bonchev–Trinajstić information content (AvgIpc) is 3.36. The van der Waals surface area contributed by atoms with Gasteiger partial charge in [-0.2, -0.15) is 0 Å². The van der Waals surface area contributed by atoms with Crippen LogP contribution in [0.25, 0.3) is 0 Å². The van der Waals surface area contributed by atoms with E-state index in [1.807, 2.05) is 0 Å². The number of nitrogens with two attached hydrogens (primary N) is 1. The number of hydrogen-bond donors (Lipinski definition) is 3. The van der Waals surface area contributed by atoms with Gasteiger partial charge in [-0.25, -0.2) is 0 Å². The number of aliphatic hydroxyl groups excluding tert-OH is 1. The normalized spacial score (nSPS) is 16.8. The van der Waals surface area contributed by atoms with Crippen LogP contribution in [-0.2, 0) is 120 Å². The summed E-state index contributed by atoms with van der Waals surface area (Å²) in [5.41, 5.74) is 6.43. The number of aliphatic hydroxyl groups is 1. The molecule has 0 aromatic heterocycles. The molecule has 0 heterocycles. The number of hydrogen-bond acceptors (Lipinski definition) is 36. The van der Waals surface area contributed by atoms with Crippen LogP contribution in [0.5, 0.6) is 0 Å². The van der Waals surface area contributed by atoms with E-state index in [1.165, 1.54) is 0 Å². The van der Waals surface area contributed by atoms with Crippen molar-refractivity contribution in [2.45, 2.75) is 12.2 Å². The molecule has 0 aromatic rings. The van der Waals surface area contributed by atoms with Crippen LogP contribution in [0.15, 0.2) is 0 Å². The highest BCUT2D eigenvalue weighted by Gasteiger charge is 2.26. The number of phosphoric ester groups is 4. The highest BCUT2D eigenvalue weighted by Crippen LogP contribution is 2.45. The first kappa shape index (κ1) is 77.6. The molecule has 0 radical (unpaired) electrons.